The molecule has 0 aromatic heterocycles. The summed E-state index contributed by atoms with van der Waals surface area (Å²) in [7, 11) is 0. The average molecular weight is 226 g/mol. The van der Waals surface area contributed by atoms with Crippen molar-refractivity contribution in [1.82, 2.24) is 4.90 Å². The van der Waals surface area contributed by atoms with Gasteiger partial charge >= 0.3 is 0 Å². The van der Waals surface area contributed by atoms with Gasteiger partial charge in [-0.3, -0.25) is 4.79 Å². The molecule has 0 bridgehead atoms. The van der Waals surface area contributed by atoms with Gasteiger partial charge in [0.05, 0.1) is 6.10 Å². The topological polar surface area (TPSA) is 66.6 Å². The van der Waals surface area contributed by atoms with E-state index in [0.717, 1.165) is 32.1 Å². The number of nitrogens with zero attached hydrogens (tertiary/aromatic N) is 1. The van der Waals surface area contributed by atoms with Gasteiger partial charge in [0, 0.05) is 24.5 Å². The summed E-state index contributed by atoms with van der Waals surface area (Å²) in [5, 5.41) is 10.1. The molecule has 0 spiro atoms. The Hall–Kier alpha value is -0.610. The predicted octanol–water partition coefficient (Wildman–Crippen LogP) is 0.487. The Bertz CT molecular complexity index is 251. The Labute approximate surface area is 96.8 Å². The minimum absolute atomic E-state index is 0.0618. The number of likely N-dealkylation sites (tertiary alicyclic amines) is 1. The lowest BCUT2D eigenvalue weighted by Crippen LogP contribution is -2.59. The summed E-state index contributed by atoms with van der Waals surface area (Å²) in [4.78, 5) is 12.6. The molecule has 2 aliphatic rings. The molecule has 16 heavy (non-hydrogen) atoms. The molecule has 3 N–H and O–H groups in total. The number of carbonyl (C=O) groups excluding carboxylic acids is 1. The van der Waals surface area contributed by atoms with Crippen LogP contribution in [0, 0.1) is 5.92 Å². The van der Waals surface area contributed by atoms with Gasteiger partial charge in [0.25, 0.3) is 0 Å². The van der Waals surface area contributed by atoms with Crippen molar-refractivity contribution in [3.8, 4) is 0 Å². The first-order valence-electron chi connectivity index (χ1n) is 6.32. The summed E-state index contributed by atoms with van der Waals surface area (Å²) in [6, 6.07) is 0. The van der Waals surface area contributed by atoms with Crippen LogP contribution in [-0.2, 0) is 4.79 Å². The van der Waals surface area contributed by atoms with Crippen molar-refractivity contribution in [2.45, 2.75) is 50.2 Å². The van der Waals surface area contributed by atoms with Crippen molar-refractivity contribution in [3.05, 3.63) is 0 Å². The maximum absolute atomic E-state index is 10.8. The smallest absolute Gasteiger partial charge is 0.209 e. The van der Waals surface area contributed by atoms with Gasteiger partial charge in [-0.15, -0.1) is 0 Å². The van der Waals surface area contributed by atoms with Crippen molar-refractivity contribution in [3.63, 3.8) is 0 Å². The van der Waals surface area contributed by atoms with Gasteiger partial charge in [-0.25, -0.2) is 0 Å². The lowest BCUT2D eigenvalue weighted by Gasteiger charge is -2.46. The van der Waals surface area contributed by atoms with Crippen LogP contribution in [0.2, 0.25) is 0 Å². The minimum Gasteiger partial charge on any atom is -0.393 e. The van der Waals surface area contributed by atoms with Crippen molar-refractivity contribution < 1.29 is 9.90 Å². The Morgan fingerprint density at radius 1 is 1.31 bits per heavy atom. The third-order valence-electron chi connectivity index (χ3n) is 4.28. The van der Waals surface area contributed by atoms with Gasteiger partial charge in [-0.05, 0) is 19.3 Å². The fourth-order valence-electron chi connectivity index (χ4n) is 3.21. The van der Waals surface area contributed by atoms with E-state index in [1.165, 1.54) is 6.42 Å². The largest absolute Gasteiger partial charge is 0.393 e. The second kappa shape index (κ2) is 4.72. The van der Waals surface area contributed by atoms with E-state index in [9.17, 15) is 9.90 Å². The summed E-state index contributed by atoms with van der Waals surface area (Å²) in [5.41, 5.74) is 6.19. The van der Waals surface area contributed by atoms with Crippen LogP contribution in [-0.4, -0.2) is 41.1 Å². The maximum Gasteiger partial charge on any atom is 0.209 e. The number of carbonyl (C=O) groups is 1. The number of aliphatic hydroxyl groups excluding tert-OH is 1. The van der Waals surface area contributed by atoms with Crippen LogP contribution < -0.4 is 5.73 Å². The number of amides is 1. The van der Waals surface area contributed by atoms with E-state index in [0.29, 0.717) is 19.5 Å². The molecule has 2 atom stereocenters. The van der Waals surface area contributed by atoms with E-state index in [2.05, 4.69) is 0 Å². The molecule has 2 fully saturated rings. The molecule has 1 saturated carbocycles. The van der Waals surface area contributed by atoms with Crippen LogP contribution in [0.5, 0.6) is 0 Å². The summed E-state index contributed by atoms with van der Waals surface area (Å²) >= 11 is 0. The number of hydrogen-bond acceptors (Lipinski definition) is 3. The van der Waals surface area contributed by atoms with Crippen LogP contribution >= 0.6 is 0 Å². The second-order valence-corrected chi connectivity index (χ2v) is 5.36. The third-order valence-corrected chi connectivity index (χ3v) is 4.28. The Kier molecular flexibility index (Phi) is 3.50. The van der Waals surface area contributed by atoms with E-state index in [1.54, 1.807) is 4.90 Å². The zero-order valence-electron chi connectivity index (χ0n) is 9.77. The molecule has 0 aromatic carbocycles. The highest BCUT2D eigenvalue weighted by molar-refractivity contribution is 5.47. The number of piperidine rings is 1. The molecular weight excluding hydrogens is 204 g/mol. The lowest BCUT2D eigenvalue weighted by atomic mass is 9.69. The van der Waals surface area contributed by atoms with Crippen LogP contribution in [0.25, 0.3) is 0 Å². The van der Waals surface area contributed by atoms with Gasteiger partial charge in [0.1, 0.15) is 0 Å². The first-order valence-corrected chi connectivity index (χ1v) is 6.32. The third kappa shape index (κ3) is 2.23. The molecule has 1 saturated heterocycles. The Morgan fingerprint density at radius 2 is 2.00 bits per heavy atom. The van der Waals surface area contributed by atoms with Gasteiger partial charge in [-0.1, -0.05) is 19.3 Å². The molecule has 2 rings (SSSR count). The number of rotatable bonds is 2. The molecule has 1 heterocycles. The van der Waals surface area contributed by atoms with E-state index >= 15 is 0 Å². The van der Waals surface area contributed by atoms with Crippen molar-refractivity contribution in [1.29, 1.82) is 0 Å². The average Bonchev–Trinajstić information content (AvgIpc) is 2.30. The first-order chi connectivity index (χ1) is 7.65. The molecule has 4 nitrogen and oxygen atoms in total. The quantitative estimate of drug-likeness (QED) is 0.673. The molecule has 92 valence electrons. The van der Waals surface area contributed by atoms with Gasteiger partial charge in [0.2, 0.25) is 6.41 Å². The summed E-state index contributed by atoms with van der Waals surface area (Å²) in [6.45, 7) is 1.29. The Morgan fingerprint density at radius 3 is 2.62 bits per heavy atom. The molecule has 0 aromatic rings. The van der Waals surface area contributed by atoms with E-state index in [-0.39, 0.29) is 17.6 Å². The van der Waals surface area contributed by atoms with E-state index in [4.69, 9.17) is 5.73 Å². The van der Waals surface area contributed by atoms with Crippen molar-refractivity contribution in [2.75, 3.05) is 13.1 Å². The van der Waals surface area contributed by atoms with E-state index in [1.807, 2.05) is 0 Å². The maximum atomic E-state index is 10.8. The van der Waals surface area contributed by atoms with Crippen LogP contribution in [0.4, 0.5) is 0 Å². The summed E-state index contributed by atoms with van der Waals surface area (Å²) in [6.07, 6.45) is 6.75. The number of nitrogens with two attached hydrogens (primary N) is 1. The Balaban J connectivity index is 2.07. The molecule has 1 amide bonds. The molecule has 1 aliphatic heterocycles. The SMILES string of the molecule is NC1([C@H]2CN(C=O)CC[C@H]2O)CCCCC1. The zero-order valence-corrected chi connectivity index (χ0v) is 9.77. The number of aliphatic hydroxyl groups is 1. The van der Waals surface area contributed by atoms with E-state index < -0.39 is 0 Å². The zero-order chi connectivity index (χ0) is 11.6. The van der Waals surface area contributed by atoms with Gasteiger partial charge in [-0.2, -0.15) is 0 Å². The summed E-state index contributed by atoms with van der Waals surface area (Å²) < 4.78 is 0. The summed E-state index contributed by atoms with van der Waals surface area (Å²) in [5.74, 6) is 0.0618. The minimum atomic E-state index is -0.334. The van der Waals surface area contributed by atoms with Crippen molar-refractivity contribution >= 4 is 6.41 Å². The standard InChI is InChI=1S/C12H22N2O2/c13-12(5-2-1-3-6-12)10-8-14(9-15)7-4-11(10)16/h9-11,16H,1-8,13H2/t10-,11+/m0/s1. The van der Waals surface area contributed by atoms with Crippen molar-refractivity contribution in [2.24, 2.45) is 11.7 Å². The first kappa shape index (κ1) is 11.9. The lowest BCUT2D eigenvalue weighted by molar-refractivity contribution is -0.123. The highest BCUT2D eigenvalue weighted by atomic mass is 16.3. The molecule has 0 radical (unpaired) electrons. The fraction of sp³-hybridized carbons (Fsp3) is 0.917. The normalized spacial score (nSPS) is 34.8. The molecule has 4 heteroatoms. The molecule has 1 aliphatic carbocycles. The predicted molar refractivity (Wildman–Crippen MR) is 61.8 cm³/mol. The highest BCUT2D eigenvalue weighted by Gasteiger charge is 2.42. The van der Waals surface area contributed by atoms with Crippen LogP contribution in [0.15, 0.2) is 0 Å². The number of hydrogen-bond donors (Lipinski definition) is 2. The second-order valence-electron chi connectivity index (χ2n) is 5.36. The van der Waals surface area contributed by atoms with Gasteiger partial charge in [0.15, 0.2) is 0 Å². The van der Waals surface area contributed by atoms with Gasteiger partial charge < -0.3 is 15.7 Å². The van der Waals surface area contributed by atoms with Crippen LogP contribution in [0.3, 0.4) is 0 Å². The highest BCUT2D eigenvalue weighted by Crippen LogP contribution is 2.36. The monoisotopic (exact) mass is 226 g/mol. The molecule has 0 unspecified atom stereocenters. The fourth-order valence-corrected chi connectivity index (χ4v) is 3.21. The molecular formula is C12H22N2O2. The van der Waals surface area contributed by atoms with Crippen LogP contribution in [0.1, 0.15) is 38.5 Å².